The normalized spacial score (nSPS) is 10.6. The Labute approximate surface area is 165 Å². The minimum Gasteiger partial charge on any atom is -1.00 e. The molecule has 0 aliphatic carbocycles. The van der Waals surface area contributed by atoms with Crippen molar-refractivity contribution in [3.05, 3.63) is 58.7 Å². The average molecular weight is 395 g/mol. The summed E-state index contributed by atoms with van der Waals surface area (Å²) in [5.74, 6) is 1.31. The fourth-order valence-electron chi connectivity index (χ4n) is 3.07. The highest BCUT2D eigenvalue weighted by molar-refractivity contribution is 6.32. The van der Waals surface area contributed by atoms with Gasteiger partial charge in [-0.25, -0.2) is 0 Å². The number of rotatable bonds is 8. The van der Waals surface area contributed by atoms with Gasteiger partial charge in [-0.15, -0.1) is 0 Å². The van der Waals surface area contributed by atoms with Gasteiger partial charge < -0.3 is 32.2 Å². The molecule has 0 aliphatic rings. The molecule has 0 bridgehead atoms. The first-order valence-electron chi connectivity index (χ1n) is 8.58. The molecule has 26 heavy (non-hydrogen) atoms. The fraction of sp³-hybridized carbons (Fsp3) is 0.300. The van der Waals surface area contributed by atoms with Crippen LogP contribution in [0.5, 0.6) is 11.5 Å². The van der Waals surface area contributed by atoms with Crippen LogP contribution in [0.1, 0.15) is 18.1 Å². The molecule has 0 unspecified atom stereocenters. The maximum Gasteiger partial charge on any atom is 0.179 e. The van der Waals surface area contributed by atoms with Crippen LogP contribution >= 0.6 is 11.6 Å². The Morgan fingerprint density at radius 2 is 2.00 bits per heavy atom. The summed E-state index contributed by atoms with van der Waals surface area (Å²) >= 11 is 6.31. The monoisotopic (exact) mass is 394 g/mol. The van der Waals surface area contributed by atoms with Crippen molar-refractivity contribution in [2.24, 2.45) is 0 Å². The van der Waals surface area contributed by atoms with Crippen LogP contribution in [0.2, 0.25) is 5.02 Å². The molecule has 0 aliphatic heterocycles. The molecule has 3 N–H and O–H groups in total. The van der Waals surface area contributed by atoms with Gasteiger partial charge in [0.15, 0.2) is 11.5 Å². The summed E-state index contributed by atoms with van der Waals surface area (Å²) in [5, 5.41) is 4.19. The summed E-state index contributed by atoms with van der Waals surface area (Å²) in [6, 6.07) is 12.4. The van der Waals surface area contributed by atoms with Crippen LogP contribution in [0, 0.1) is 0 Å². The van der Waals surface area contributed by atoms with Gasteiger partial charge in [0.1, 0.15) is 6.54 Å². The van der Waals surface area contributed by atoms with Crippen molar-refractivity contribution in [1.82, 2.24) is 4.98 Å². The van der Waals surface area contributed by atoms with Crippen LogP contribution in [0.3, 0.4) is 0 Å². The predicted molar refractivity (Wildman–Crippen MR) is 102 cm³/mol. The van der Waals surface area contributed by atoms with Crippen molar-refractivity contribution >= 4 is 22.5 Å². The van der Waals surface area contributed by atoms with Crippen molar-refractivity contribution < 1.29 is 27.2 Å². The van der Waals surface area contributed by atoms with Gasteiger partial charge in [0.2, 0.25) is 0 Å². The average Bonchev–Trinajstić information content (AvgIpc) is 3.02. The van der Waals surface area contributed by atoms with Crippen molar-refractivity contribution in [2.45, 2.75) is 19.9 Å². The molecule has 6 heteroatoms. The maximum atomic E-state index is 6.31. The zero-order valence-corrected chi connectivity index (χ0v) is 16.5. The molecule has 0 radical (unpaired) electrons. The number of ether oxygens (including phenoxy) is 2. The Kier molecular flexibility index (Phi) is 7.64. The molecule has 0 fully saturated rings. The van der Waals surface area contributed by atoms with Gasteiger partial charge >= 0.3 is 0 Å². The highest BCUT2D eigenvalue weighted by atomic mass is 35.5. The van der Waals surface area contributed by atoms with Gasteiger partial charge in [-0.05, 0) is 30.7 Å². The van der Waals surface area contributed by atoms with E-state index < -0.39 is 0 Å². The van der Waals surface area contributed by atoms with Crippen molar-refractivity contribution in [1.29, 1.82) is 0 Å². The Hall–Kier alpha value is -1.88. The number of aromatic amines is 1. The minimum absolute atomic E-state index is 0. The van der Waals surface area contributed by atoms with Gasteiger partial charge in [-0.1, -0.05) is 29.8 Å². The van der Waals surface area contributed by atoms with E-state index in [9.17, 15) is 0 Å². The van der Waals surface area contributed by atoms with E-state index in [-0.39, 0.29) is 12.4 Å². The summed E-state index contributed by atoms with van der Waals surface area (Å²) in [4.78, 5) is 3.33. The zero-order valence-electron chi connectivity index (χ0n) is 15.0. The quantitative estimate of drug-likeness (QED) is 0.547. The second-order valence-corrected chi connectivity index (χ2v) is 6.34. The number of methoxy groups -OCH3 is 1. The minimum atomic E-state index is 0. The van der Waals surface area contributed by atoms with Gasteiger partial charge in [0, 0.05) is 29.1 Å². The predicted octanol–water partition coefficient (Wildman–Crippen LogP) is 0.539. The molecule has 3 rings (SSSR count). The largest absolute Gasteiger partial charge is 1.00 e. The van der Waals surface area contributed by atoms with E-state index in [0.29, 0.717) is 23.1 Å². The van der Waals surface area contributed by atoms with Crippen LogP contribution in [-0.2, 0) is 13.0 Å². The van der Waals surface area contributed by atoms with E-state index >= 15 is 0 Å². The molecule has 0 amide bonds. The fourth-order valence-corrected chi connectivity index (χ4v) is 3.38. The Morgan fingerprint density at radius 3 is 2.77 bits per heavy atom. The maximum absolute atomic E-state index is 6.31. The number of para-hydroxylation sites is 1. The molecular formula is C20H24Cl2N2O2. The van der Waals surface area contributed by atoms with Crippen LogP contribution in [0.15, 0.2) is 42.6 Å². The molecule has 0 saturated heterocycles. The van der Waals surface area contributed by atoms with Crippen molar-refractivity contribution in [3.8, 4) is 11.5 Å². The third-order valence-corrected chi connectivity index (χ3v) is 4.53. The standard InChI is InChI=1S/C20H23ClN2O2.ClH/c1-3-25-19-11-14(10-17(21)20(19)24-2)12-22-9-8-15-13-23-18-7-5-4-6-16(15)18;/h4-7,10-11,13,22-23H,3,8-9,12H2,1-2H3;1H. The lowest BCUT2D eigenvalue weighted by Crippen LogP contribution is -3.00. The van der Waals surface area contributed by atoms with E-state index in [0.717, 1.165) is 25.1 Å². The number of fused-ring (bicyclic) bond motifs is 1. The summed E-state index contributed by atoms with van der Waals surface area (Å²) in [7, 11) is 1.61. The highest BCUT2D eigenvalue weighted by Gasteiger charge is 2.12. The number of aromatic nitrogens is 1. The molecule has 0 saturated carbocycles. The Bertz CT molecular complexity index is 849. The number of hydrogen-bond acceptors (Lipinski definition) is 2. The lowest BCUT2D eigenvalue weighted by molar-refractivity contribution is -0.670. The van der Waals surface area contributed by atoms with Crippen LogP contribution in [0.25, 0.3) is 10.9 Å². The lowest BCUT2D eigenvalue weighted by Gasteiger charge is -2.12. The summed E-state index contributed by atoms with van der Waals surface area (Å²) in [5.41, 5.74) is 3.68. The molecule has 1 heterocycles. The molecule has 0 spiro atoms. The van der Waals surface area contributed by atoms with E-state index in [1.165, 1.54) is 16.5 Å². The second kappa shape index (κ2) is 9.72. The SMILES string of the molecule is CCOc1cc(C[NH2+]CCc2c[nH]c3ccccc23)cc(Cl)c1OC.[Cl-]. The molecule has 140 valence electrons. The molecule has 1 aromatic heterocycles. The van der Waals surface area contributed by atoms with Gasteiger partial charge in [0.05, 0.1) is 25.3 Å². The highest BCUT2D eigenvalue weighted by Crippen LogP contribution is 2.36. The van der Waals surface area contributed by atoms with E-state index in [2.05, 4.69) is 40.8 Å². The second-order valence-electron chi connectivity index (χ2n) is 5.93. The number of hydrogen-bond donors (Lipinski definition) is 2. The summed E-state index contributed by atoms with van der Waals surface area (Å²) in [6.45, 7) is 4.40. The van der Waals surface area contributed by atoms with Gasteiger partial charge in [0.25, 0.3) is 0 Å². The van der Waals surface area contributed by atoms with Crippen LogP contribution < -0.4 is 27.2 Å². The first kappa shape index (κ1) is 20.4. The van der Waals surface area contributed by atoms with Crippen LogP contribution in [-0.4, -0.2) is 25.2 Å². The van der Waals surface area contributed by atoms with Crippen LogP contribution in [0.4, 0.5) is 0 Å². The first-order chi connectivity index (χ1) is 12.2. The molecule has 3 aromatic rings. The first-order valence-corrected chi connectivity index (χ1v) is 8.96. The van der Waals surface area contributed by atoms with Gasteiger partial charge in [-0.2, -0.15) is 0 Å². The number of benzene rings is 2. The molecular weight excluding hydrogens is 371 g/mol. The molecule has 0 atom stereocenters. The Morgan fingerprint density at radius 1 is 1.19 bits per heavy atom. The molecule has 2 aromatic carbocycles. The number of H-pyrrole nitrogens is 1. The topological polar surface area (TPSA) is 50.9 Å². The zero-order chi connectivity index (χ0) is 17.6. The molecule has 4 nitrogen and oxygen atoms in total. The number of quaternary nitrogens is 1. The third-order valence-electron chi connectivity index (χ3n) is 4.25. The van der Waals surface area contributed by atoms with E-state index in [1.54, 1.807) is 7.11 Å². The summed E-state index contributed by atoms with van der Waals surface area (Å²) < 4.78 is 11.0. The van der Waals surface area contributed by atoms with E-state index in [4.69, 9.17) is 21.1 Å². The van der Waals surface area contributed by atoms with Crippen molar-refractivity contribution in [3.63, 3.8) is 0 Å². The number of halogens is 2. The van der Waals surface area contributed by atoms with E-state index in [1.807, 2.05) is 19.1 Å². The number of nitrogens with one attached hydrogen (secondary N) is 1. The third kappa shape index (κ3) is 4.64. The Balaban J connectivity index is 0.00000243. The summed E-state index contributed by atoms with van der Waals surface area (Å²) in [6.07, 6.45) is 3.13. The lowest BCUT2D eigenvalue weighted by atomic mass is 10.1. The smallest absolute Gasteiger partial charge is 0.179 e. The number of nitrogens with two attached hydrogens (primary N) is 1. The van der Waals surface area contributed by atoms with Crippen molar-refractivity contribution in [2.75, 3.05) is 20.3 Å². The van der Waals surface area contributed by atoms with Gasteiger partial charge in [-0.3, -0.25) is 0 Å².